The molecule has 0 unspecified atom stereocenters. The molecule has 0 atom stereocenters. The summed E-state index contributed by atoms with van der Waals surface area (Å²) >= 11 is 3.27. The van der Waals surface area contributed by atoms with E-state index in [2.05, 4.69) is 21.2 Å². The van der Waals surface area contributed by atoms with E-state index in [9.17, 15) is 14.0 Å². The Morgan fingerprint density at radius 3 is 2.48 bits per heavy atom. The molecule has 0 radical (unpaired) electrons. The molecule has 1 fully saturated rings. The first kappa shape index (κ1) is 19.6. The lowest BCUT2D eigenvalue weighted by Gasteiger charge is -2.31. The minimum atomic E-state index is -0.366. The summed E-state index contributed by atoms with van der Waals surface area (Å²) in [5.74, 6) is -0.643. The van der Waals surface area contributed by atoms with Crippen LogP contribution in [-0.4, -0.2) is 29.8 Å². The summed E-state index contributed by atoms with van der Waals surface area (Å²) in [6, 6.07) is 17.8. The maximum atomic E-state index is 13.2. The van der Waals surface area contributed by atoms with Crippen LogP contribution in [0.5, 0.6) is 0 Å². The van der Waals surface area contributed by atoms with Crippen LogP contribution in [0.25, 0.3) is 10.8 Å². The number of piperidine rings is 1. The van der Waals surface area contributed by atoms with Crippen molar-refractivity contribution < 1.29 is 14.0 Å². The van der Waals surface area contributed by atoms with E-state index in [1.807, 2.05) is 47.4 Å². The summed E-state index contributed by atoms with van der Waals surface area (Å²) < 4.78 is 13.7. The molecule has 2 amide bonds. The topological polar surface area (TPSA) is 49.4 Å². The van der Waals surface area contributed by atoms with E-state index in [4.69, 9.17) is 0 Å². The van der Waals surface area contributed by atoms with Crippen LogP contribution in [0.1, 0.15) is 23.2 Å². The number of anilines is 1. The third-order valence-electron chi connectivity index (χ3n) is 5.36. The average molecular weight is 455 g/mol. The van der Waals surface area contributed by atoms with Crippen LogP contribution in [0, 0.1) is 11.7 Å². The Morgan fingerprint density at radius 2 is 1.72 bits per heavy atom. The van der Waals surface area contributed by atoms with Gasteiger partial charge in [0.15, 0.2) is 0 Å². The Hall–Kier alpha value is -2.73. The van der Waals surface area contributed by atoms with Crippen LogP contribution in [0.15, 0.2) is 65.1 Å². The van der Waals surface area contributed by atoms with Crippen LogP contribution in [0.3, 0.4) is 0 Å². The fourth-order valence-corrected chi connectivity index (χ4v) is 4.20. The van der Waals surface area contributed by atoms with Gasteiger partial charge in [-0.05, 0) is 63.8 Å². The van der Waals surface area contributed by atoms with Gasteiger partial charge in [-0.2, -0.15) is 0 Å². The van der Waals surface area contributed by atoms with Gasteiger partial charge in [-0.1, -0.05) is 36.4 Å². The van der Waals surface area contributed by atoms with Gasteiger partial charge < -0.3 is 10.2 Å². The van der Waals surface area contributed by atoms with Crippen molar-refractivity contribution in [1.29, 1.82) is 0 Å². The summed E-state index contributed by atoms with van der Waals surface area (Å²) in [4.78, 5) is 27.5. The van der Waals surface area contributed by atoms with Crippen molar-refractivity contribution in [2.45, 2.75) is 12.8 Å². The Labute approximate surface area is 176 Å². The quantitative estimate of drug-likeness (QED) is 0.588. The van der Waals surface area contributed by atoms with Crippen LogP contribution >= 0.6 is 15.9 Å². The highest BCUT2D eigenvalue weighted by atomic mass is 79.9. The first-order valence-electron chi connectivity index (χ1n) is 9.56. The number of rotatable bonds is 3. The van der Waals surface area contributed by atoms with Crippen molar-refractivity contribution in [3.05, 3.63) is 76.5 Å². The largest absolute Gasteiger partial charge is 0.339 e. The van der Waals surface area contributed by atoms with E-state index in [-0.39, 0.29) is 23.5 Å². The Morgan fingerprint density at radius 1 is 1.00 bits per heavy atom. The van der Waals surface area contributed by atoms with Gasteiger partial charge in [-0.3, -0.25) is 9.59 Å². The number of benzene rings is 3. The van der Waals surface area contributed by atoms with E-state index in [0.717, 1.165) is 10.8 Å². The molecular weight excluding hydrogens is 435 g/mol. The van der Waals surface area contributed by atoms with Crippen LogP contribution < -0.4 is 5.32 Å². The molecule has 0 aliphatic carbocycles. The number of nitrogens with one attached hydrogen (secondary N) is 1. The summed E-state index contributed by atoms with van der Waals surface area (Å²) in [6.07, 6.45) is 1.20. The molecule has 29 heavy (non-hydrogen) atoms. The SMILES string of the molecule is O=C(Nc1ccc(F)cc1Br)C1CCN(C(=O)c2cccc3ccccc23)CC1. The lowest BCUT2D eigenvalue weighted by atomic mass is 9.94. The van der Waals surface area contributed by atoms with Crippen molar-refractivity contribution in [3.8, 4) is 0 Å². The molecule has 3 aromatic carbocycles. The smallest absolute Gasteiger partial charge is 0.254 e. The maximum absolute atomic E-state index is 13.2. The number of hydrogen-bond donors (Lipinski definition) is 1. The van der Waals surface area contributed by atoms with Gasteiger partial charge in [0, 0.05) is 29.0 Å². The molecule has 1 aliphatic rings. The van der Waals surface area contributed by atoms with Crippen LogP contribution in [0.4, 0.5) is 10.1 Å². The molecule has 0 spiro atoms. The highest BCUT2D eigenvalue weighted by Crippen LogP contribution is 2.27. The molecule has 6 heteroatoms. The lowest BCUT2D eigenvalue weighted by Crippen LogP contribution is -2.41. The number of likely N-dealkylation sites (tertiary alicyclic amines) is 1. The van der Waals surface area contributed by atoms with Gasteiger partial charge in [0.25, 0.3) is 5.91 Å². The zero-order valence-electron chi connectivity index (χ0n) is 15.7. The zero-order chi connectivity index (χ0) is 20.4. The van der Waals surface area contributed by atoms with Crippen LogP contribution in [0.2, 0.25) is 0 Å². The van der Waals surface area contributed by atoms with E-state index < -0.39 is 0 Å². The molecule has 1 heterocycles. The molecule has 0 aromatic heterocycles. The Balaban J connectivity index is 1.41. The molecule has 4 rings (SSSR count). The van der Waals surface area contributed by atoms with Crippen molar-refractivity contribution >= 4 is 44.2 Å². The fraction of sp³-hybridized carbons (Fsp3) is 0.217. The summed E-state index contributed by atoms with van der Waals surface area (Å²) in [6.45, 7) is 1.06. The Bertz CT molecular complexity index is 1070. The number of carbonyl (C=O) groups is 2. The van der Waals surface area contributed by atoms with Gasteiger partial charge in [0.05, 0.1) is 5.69 Å². The molecule has 0 saturated carbocycles. The highest BCUT2D eigenvalue weighted by molar-refractivity contribution is 9.10. The van der Waals surface area contributed by atoms with Gasteiger partial charge in [0.2, 0.25) is 5.91 Å². The van der Waals surface area contributed by atoms with Gasteiger partial charge in [-0.15, -0.1) is 0 Å². The minimum absolute atomic E-state index is 0.00179. The monoisotopic (exact) mass is 454 g/mol. The first-order chi connectivity index (χ1) is 14.0. The first-order valence-corrected chi connectivity index (χ1v) is 10.3. The fourth-order valence-electron chi connectivity index (χ4n) is 3.75. The van der Waals surface area contributed by atoms with Gasteiger partial charge in [-0.25, -0.2) is 4.39 Å². The van der Waals surface area contributed by atoms with Gasteiger partial charge >= 0.3 is 0 Å². The predicted octanol–water partition coefficient (Wildman–Crippen LogP) is 5.23. The number of carbonyl (C=O) groups excluding carboxylic acids is 2. The number of nitrogens with zero attached hydrogens (tertiary/aromatic N) is 1. The maximum Gasteiger partial charge on any atom is 0.254 e. The number of amides is 2. The van der Waals surface area contributed by atoms with E-state index in [1.54, 1.807) is 0 Å². The van der Waals surface area contributed by atoms with Gasteiger partial charge in [0.1, 0.15) is 5.82 Å². The van der Waals surface area contributed by atoms with E-state index in [0.29, 0.717) is 41.7 Å². The lowest BCUT2D eigenvalue weighted by molar-refractivity contribution is -0.121. The number of hydrogen-bond acceptors (Lipinski definition) is 2. The van der Waals surface area contributed by atoms with Crippen LogP contribution in [-0.2, 0) is 4.79 Å². The van der Waals surface area contributed by atoms with Crippen molar-refractivity contribution in [1.82, 2.24) is 4.90 Å². The normalized spacial score (nSPS) is 14.8. The molecular formula is C23H20BrFN2O2. The second-order valence-electron chi connectivity index (χ2n) is 7.21. The molecule has 3 aromatic rings. The molecule has 148 valence electrons. The zero-order valence-corrected chi connectivity index (χ0v) is 17.3. The average Bonchev–Trinajstić information content (AvgIpc) is 2.75. The van der Waals surface area contributed by atoms with Crippen molar-refractivity contribution in [2.24, 2.45) is 5.92 Å². The number of fused-ring (bicyclic) bond motifs is 1. The third kappa shape index (κ3) is 4.17. The van der Waals surface area contributed by atoms with E-state index in [1.165, 1.54) is 18.2 Å². The number of halogens is 2. The predicted molar refractivity (Wildman–Crippen MR) is 115 cm³/mol. The second kappa shape index (κ2) is 8.33. The summed E-state index contributed by atoms with van der Waals surface area (Å²) in [5, 5.41) is 4.84. The summed E-state index contributed by atoms with van der Waals surface area (Å²) in [7, 11) is 0. The second-order valence-corrected chi connectivity index (χ2v) is 8.06. The molecule has 0 bridgehead atoms. The molecule has 1 aliphatic heterocycles. The molecule has 1 N–H and O–H groups in total. The summed E-state index contributed by atoms with van der Waals surface area (Å²) in [5.41, 5.74) is 1.24. The standard InChI is InChI=1S/C23H20BrFN2O2/c24-20-14-17(25)8-9-21(20)26-22(28)16-10-12-27(13-11-16)23(29)19-7-3-5-15-4-1-2-6-18(15)19/h1-9,14,16H,10-13H2,(H,26,28). The third-order valence-corrected chi connectivity index (χ3v) is 6.02. The Kier molecular flexibility index (Phi) is 5.62. The molecule has 4 nitrogen and oxygen atoms in total. The minimum Gasteiger partial charge on any atom is -0.339 e. The van der Waals surface area contributed by atoms with Crippen molar-refractivity contribution in [2.75, 3.05) is 18.4 Å². The highest BCUT2D eigenvalue weighted by Gasteiger charge is 2.28. The molecule has 1 saturated heterocycles. The van der Waals surface area contributed by atoms with Crippen molar-refractivity contribution in [3.63, 3.8) is 0 Å². The van der Waals surface area contributed by atoms with E-state index >= 15 is 0 Å².